The van der Waals surface area contributed by atoms with E-state index in [1.54, 1.807) is 17.0 Å². The van der Waals surface area contributed by atoms with Crippen LogP contribution in [0, 0.1) is 11.2 Å². The van der Waals surface area contributed by atoms with E-state index in [1.165, 1.54) is 19.9 Å². The number of urea groups is 1. The largest absolute Gasteiger partial charge is 0.510 e. The molecule has 0 saturated carbocycles. The Kier molecular flexibility index (Phi) is 7.11. The standard InChI is InChI=1S/C28H38FN5O4/c1-4-38-27(37)34-20-6-7-21(34)15-22(14-20)32-11-9-28(10-12-32)16-33(24-8-5-19(29)13-23(24)28)26(36)31-25(17(2)30)18(3)35/h5,8,13,20-22,30,35H,4,6-7,9-12,14-16H2,1-3H3,(H,31,36)/b25-18+,30-17?. The topological polar surface area (TPSA) is 109 Å². The van der Waals surface area contributed by atoms with Crippen molar-refractivity contribution >= 4 is 23.5 Å². The summed E-state index contributed by atoms with van der Waals surface area (Å²) in [6.45, 7) is 7.27. The molecule has 206 valence electrons. The van der Waals surface area contributed by atoms with Gasteiger partial charge in [-0.2, -0.15) is 0 Å². The second-order valence-corrected chi connectivity index (χ2v) is 11.2. The number of nitrogens with one attached hydrogen (secondary N) is 2. The maximum absolute atomic E-state index is 14.4. The van der Waals surface area contributed by atoms with E-state index in [4.69, 9.17) is 10.1 Å². The molecule has 4 aliphatic heterocycles. The average Bonchev–Trinajstić information content (AvgIpc) is 3.33. The maximum atomic E-state index is 14.4. The van der Waals surface area contributed by atoms with Crippen molar-refractivity contribution in [1.82, 2.24) is 15.1 Å². The predicted molar refractivity (Wildman–Crippen MR) is 142 cm³/mol. The predicted octanol–water partition coefficient (Wildman–Crippen LogP) is 4.67. The summed E-state index contributed by atoms with van der Waals surface area (Å²) in [5.74, 6) is -0.451. The Balaban J connectivity index is 1.30. The molecule has 1 spiro atoms. The van der Waals surface area contributed by atoms with Crippen LogP contribution >= 0.6 is 0 Å². The van der Waals surface area contributed by atoms with Crippen molar-refractivity contribution in [3.63, 3.8) is 0 Å². The average molecular weight is 528 g/mol. The van der Waals surface area contributed by atoms with E-state index in [2.05, 4.69) is 10.2 Å². The fourth-order valence-corrected chi connectivity index (χ4v) is 7.14. The minimum atomic E-state index is -0.435. The molecular formula is C28H38FN5O4. The molecule has 3 amide bonds. The smallest absolute Gasteiger partial charge is 0.410 e. The van der Waals surface area contributed by atoms with E-state index in [9.17, 15) is 19.1 Å². The molecule has 3 fully saturated rings. The normalized spacial score (nSPS) is 26.7. The molecule has 3 saturated heterocycles. The number of aliphatic hydroxyl groups excluding tert-OH is 1. The molecule has 38 heavy (non-hydrogen) atoms. The number of rotatable bonds is 4. The minimum Gasteiger partial charge on any atom is -0.510 e. The van der Waals surface area contributed by atoms with Gasteiger partial charge in [0.15, 0.2) is 0 Å². The van der Waals surface area contributed by atoms with Gasteiger partial charge in [0.25, 0.3) is 0 Å². The second kappa shape index (κ2) is 10.2. The van der Waals surface area contributed by atoms with Gasteiger partial charge >= 0.3 is 12.1 Å². The number of fused-ring (bicyclic) bond motifs is 4. The molecule has 1 aromatic rings. The highest BCUT2D eigenvalue weighted by Gasteiger charge is 2.50. The highest BCUT2D eigenvalue weighted by Crippen LogP contribution is 2.48. The first kappa shape index (κ1) is 26.5. The van der Waals surface area contributed by atoms with Crippen LogP contribution in [0.3, 0.4) is 0 Å². The third-order valence-electron chi connectivity index (χ3n) is 8.95. The van der Waals surface area contributed by atoms with Crippen LogP contribution in [0.25, 0.3) is 0 Å². The molecule has 1 aromatic carbocycles. The summed E-state index contributed by atoms with van der Waals surface area (Å²) < 4.78 is 19.7. The number of allylic oxidation sites excluding steroid dienone is 2. The number of hydrogen-bond acceptors (Lipinski definition) is 6. The van der Waals surface area contributed by atoms with E-state index in [-0.39, 0.29) is 46.6 Å². The molecule has 0 aromatic heterocycles. The molecule has 2 atom stereocenters. The summed E-state index contributed by atoms with van der Waals surface area (Å²) in [5, 5.41) is 20.5. The highest BCUT2D eigenvalue weighted by molar-refractivity contribution is 6.03. The SMILES string of the molecule is CCOC(=O)N1C2CCC1CC(N1CCC3(CC1)CN(C(=O)N/C(C(C)=N)=C(\C)O)c1ccc(F)cc13)C2. The zero-order chi connectivity index (χ0) is 27.2. The van der Waals surface area contributed by atoms with Gasteiger partial charge in [0.2, 0.25) is 0 Å². The number of hydrogen-bond donors (Lipinski definition) is 3. The summed E-state index contributed by atoms with van der Waals surface area (Å²) in [6.07, 6.45) is 5.34. The Hall–Kier alpha value is -3.14. The number of carbonyl (C=O) groups excluding carboxylic acids is 2. The van der Waals surface area contributed by atoms with Crippen LogP contribution in [-0.2, 0) is 10.2 Å². The molecule has 3 N–H and O–H groups in total. The highest BCUT2D eigenvalue weighted by atomic mass is 19.1. The van der Waals surface area contributed by atoms with Gasteiger partial charge in [0.1, 0.15) is 17.3 Å². The van der Waals surface area contributed by atoms with Crippen LogP contribution in [0.1, 0.15) is 64.9 Å². The first-order chi connectivity index (χ1) is 18.1. The van der Waals surface area contributed by atoms with Crippen molar-refractivity contribution in [2.24, 2.45) is 0 Å². The fourth-order valence-electron chi connectivity index (χ4n) is 7.14. The fraction of sp³-hybridized carbons (Fsp3) is 0.607. The lowest BCUT2D eigenvalue weighted by Crippen LogP contribution is -2.55. The summed E-state index contributed by atoms with van der Waals surface area (Å²) in [6, 6.07) is 5.00. The lowest BCUT2D eigenvalue weighted by atomic mass is 9.73. The molecule has 2 bridgehead atoms. The van der Waals surface area contributed by atoms with Crippen LogP contribution in [0.15, 0.2) is 29.7 Å². The van der Waals surface area contributed by atoms with Gasteiger partial charge in [-0.15, -0.1) is 0 Å². The van der Waals surface area contributed by atoms with Gasteiger partial charge in [0, 0.05) is 35.8 Å². The molecule has 10 heteroatoms. The maximum Gasteiger partial charge on any atom is 0.410 e. The van der Waals surface area contributed by atoms with Crippen LogP contribution in [0.5, 0.6) is 0 Å². The summed E-state index contributed by atoms with van der Waals surface area (Å²) in [5.41, 5.74) is 1.31. The van der Waals surface area contributed by atoms with Gasteiger partial charge in [0.05, 0.1) is 12.3 Å². The number of aliphatic hydroxyl groups is 1. The Labute approximate surface area is 223 Å². The van der Waals surface area contributed by atoms with Crippen LogP contribution in [0.2, 0.25) is 0 Å². The molecule has 0 radical (unpaired) electrons. The van der Waals surface area contributed by atoms with Crippen LogP contribution in [0.4, 0.5) is 19.7 Å². The molecule has 0 aliphatic carbocycles. The summed E-state index contributed by atoms with van der Waals surface area (Å²) >= 11 is 0. The minimum absolute atomic E-state index is 0.0582. The number of likely N-dealkylation sites (tertiary alicyclic amines) is 1. The number of amides is 3. The number of nitrogens with zero attached hydrogens (tertiary/aromatic N) is 3. The summed E-state index contributed by atoms with van der Waals surface area (Å²) in [4.78, 5) is 31.9. The number of anilines is 1. The second-order valence-electron chi connectivity index (χ2n) is 11.2. The zero-order valence-corrected chi connectivity index (χ0v) is 22.4. The number of ether oxygens (including phenoxy) is 1. The number of piperidine rings is 2. The summed E-state index contributed by atoms with van der Waals surface area (Å²) in [7, 11) is 0. The first-order valence-corrected chi connectivity index (χ1v) is 13.7. The van der Waals surface area contributed by atoms with Gasteiger partial charge in [-0.05, 0) is 96.1 Å². The lowest BCUT2D eigenvalue weighted by molar-refractivity contribution is 0.0282. The zero-order valence-electron chi connectivity index (χ0n) is 22.4. The Bertz CT molecular complexity index is 1140. The van der Waals surface area contributed by atoms with Crippen molar-refractivity contribution < 1.29 is 23.8 Å². The Morgan fingerprint density at radius 2 is 1.82 bits per heavy atom. The molecule has 5 rings (SSSR count). The number of carbonyl (C=O) groups is 2. The van der Waals surface area contributed by atoms with Gasteiger partial charge in [-0.25, -0.2) is 14.0 Å². The van der Waals surface area contributed by atoms with E-state index in [1.807, 2.05) is 11.8 Å². The van der Waals surface area contributed by atoms with Crippen LogP contribution in [-0.4, -0.2) is 77.1 Å². The Morgan fingerprint density at radius 1 is 1.16 bits per heavy atom. The van der Waals surface area contributed by atoms with Crippen molar-refractivity contribution in [2.45, 2.75) is 82.8 Å². The molecule has 4 heterocycles. The van der Waals surface area contributed by atoms with E-state index < -0.39 is 6.03 Å². The lowest BCUT2D eigenvalue weighted by Gasteiger charge is -2.47. The third-order valence-corrected chi connectivity index (χ3v) is 8.95. The van der Waals surface area contributed by atoms with Crippen molar-refractivity contribution in [3.05, 3.63) is 41.0 Å². The van der Waals surface area contributed by atoms with Gasteiger partial charge in [-0.3, -0.25) is 4.90 Å². The number of halogens is 1. The van der Waals surface area contributed by atoms with Crippen molar-refractivity contribution in [3.8, 4) is 0 Å². The van der Waals surface area contributed by atoms with Crippen molar-refractivity contribution in [1.29, 1.82) is 5.41 Å². The van der Waals surface area contributed by atoms with E-state index >= 15 is 0 Å². The molecule has 4 aliphatic rings. The van der Waals surface area contributed by atoms with E-state index in [0.29, 0.717) is 24.9 Å². The van der Waals surface area contributed by atoms with Crippen LogP contribution < -0.4 is 10.2 Å². The molecular weight excluding hydrogens is 489 g/mol. The first-order valence-electron chi connectivity index (χ1n) is 13.7. The van der Waals surface area contributed by atoms with Gasteiger partial charge in [-0.1, -0.05) is 0 Å². The van der Waals surface area contributed by atoms with Crippen molar-refractivity contribution in [2.75, 3.05) is 31.1 Å². The molecule has 2 unspecified atom stereocenters. The Morgan fingerprint density at radius 3 is 2.39 bits per heavy atom. The third kappa shape index (κ3) is 4.63. The number of benzene rings is 1. The van der Waals surface area contributed by atoms with Gasteiger partial charge < -0.3 is 30.4 Å². The monoisotopic (exact) mass is 527 g/mol. The quantitative estimate of drug-likeness (QED) is 0.390. The van der Waals surface area contributed by atoms with E-state index in [0.717, 1.165) is 57.2 Å². The molecule has 9 nitrogen and oxygen atoms in total.